The average Bonchev–Trinajstić information content (AvgIpc) is 3.46. The predicted molar refractivity (Wildman–Crippen MR) is 209 cm³/mol. The second kappa shape index (κ2) is 19.6. The number of carbonyl (C=O) groups is 3. The lowest BCUT2D eigenvalue weighted by Crippen LogP contribution is -2.26. The Morgan fingerprint density at radius 1 is 0.673 bits per heavy atom. The van der Waals surface area contributed by atoms with Gasteiger partial charge in [-0.15, -0.1) is 0 Å². The summed E-state index contributed by atoms with van der Waals surface area (Å²) in [6.45, 7) is 6.71. The van der Waals surface area contributed by atoms with Gasteiger partial charge in [0, 0.05) is 48.3 Å². The minimum atomic E-state index is -0.985. The van der Waals surface area contributed by atoms with Gasteiger partial charge in [-0.3, -0.25) is 4.79 Å². The molecule has 2 N–H and O–H groups in total. The highest BCUT2D eigenvalue weighted by molar-refractivity contribution is 6.22. The van der Waals surface area contributed by atoms with E-state index in [1.807, 2.05) is 73.7 Å². The van der Waals surface area contributed by atoms with Gasteiger partial charge in [0.1, 0.15) is 24.7 Å². The monoisotopic (exact) mass is 738 g/mol. The van der Waals surface area contributed by atoms with E-state index in [9.17, 15) is 24.6 Å². The number of benzene rings is 4. The molecule has 280 valence electrons. The summed E-state index contributed by atoms with van der Waals surface area (Å²) in [5, 5.41) is 18.6. The lowest BCUT2D eigenvalue weighted by atomic mass is 10.0. The van der Waals surface area contributed by atoms with E-state index in [0.717, 1.165) is 39.0 Å². The Balaban J connectivity index is 1.11. The molecule has 0 radical (unpaired) electrons. The highest BCUT2D eigenvalue weighted by atomic mass is 16.5. The van der Waals surface area contributed by atoms with Crippen molar-refractivity contribution in [3.63, 3.8) is 0 Å². The predicted octanol–water partition coefficient (Wildman–Crippen LogP) is 7.33. The van der Waals surface area contributed by atoms with Crippen LogP contribution in [0.1, 0.15) is 58.9 Å². The topological polar surface area (TPSA) is 129 Å². The summed E-state index contributed by atoms with van der Waals surface area (Å²) in [5.41, 5.74) is 6.91. The van der Waals surface area contributed by atoms with Gasteiger partial charge in [0.2, 0.25) is 0 Å². The Labute approximate surface area is 321 Å². The summed E-state index contributed by atoms with van der Waals surface area (Å²) in [4.78, 5) is 36.1. The number of allylic oxidation sites excluding steroid dienone is 2. The Kier molecular flexibility index (Phi) is 14.2. The van der Waals surface area contributed by atoms with Crippen LogP contribution in [-0.2, 0) is 31.9 Å². The van der Waals surface area contributed by atoms with Gasteiger partial charge in [-0.25, -0.2) is 9.59 Å². The molecule has 0 aliphatic heterocycles. The van der Waals surface area contributed by atoms with Crippen LogP contribution in [0, 0.1) is 23.7 Å². The summed E-state index contributed by atoms with van der Waals surface area (Å²) in [6, 6.07) is 25.8. The van der Waals surface area contributed by atoms with E-state index in [-0.39, 0.29) is 18.6 Å². The maximum Gasteiger partial charge on any atom is 0.333 e. The van der Waals surface area contributed by atoms with Crippen molar-refractivity contribution >= 4 is 17.7 Å². The second-order valence-electron chi connectivity index (χ2n) is 12.5. The van der Waals surface area contributed by atoms with Crippen molar-refractivity contribution in [2.45, 2.75) is 45.8 Å². The van der Waals surface area contributed by atoms with Gasteiger partial charge in [-0.05, 0) is 115 Å². The molecule has 0 amide bonds. The Bertz CT molecular complexity index is 2190. The number of carboxylic acids is 2. The summed E-state index contributed by atoms with van der Waals surface area (Å²) in [7, 11) is 0. The van der Waals surface area contributed by atoms with Crippen LogP contribution >= 0.6 is 0 Å². The Morgan fingerprint density at radius 2 is 1.16 bits per heavy atom. The van der Waals surface area contributed by atoms with Gasteiger partial charge in [0.25, 0.3) is 0 Å². The number of ether oxygens (including phenoxy) is 4. The van der Waals surface area contributed by atoms with E-state index in [1.54, 1.807) is 50.3 Å². The molecule has 9 nitrogen and oxygen atoms in total. The van der Waals surface area contributed by atoms with Crippen LogP contribution in [0.3, 0.4) is 0 Å². The fourth-order valence-corrected chi connectivity index (χ4v) is 5.80. The van der Waals surface area contributed by atoms with Crippen LogP contribution in [-0.4, -0.2) is 66.6 Å². The van der Waals surface area contributed by atoms with Gasteiger partial charge in [-0.1, -0.05) is 60.1 Å². The van der Waals surface area contributed by atoms with Crippen molar-refractivity contribution in [1.29, 1.82) is 0 Å². The van der Waals surface area contributed by atoms with Gasteiger partial charge in [0.15, 0.2) is 18.0 Å². The summed E-state index contributed by atoms with van der Waals surface area (Å²) >= 11 is 0. The molecule has 9 heteroatoms. The molecule has 0 saturated heterocycles. The number of fused-ring (bicyclic) bond motifs is 3. The first-order chi connectivity index (χ1) is 26.6. The van der Waals surface area contributed by atoms with E-state index in [1.165, 1.54) is 0 Å². The SMILES string of the molecule is CCOC(Cc1ccc(OCC=CC#Cc2ccc3c(c2)C(=O)c2cc(C#CC(C)=CCOc4ccc(CC(OCC)C(=O)O)cc4)ccc2-3)cc1)C(=O)O. The number of ketones is 1. The molecule has 0 aromatic heterocycles. The first-order valence-corrected chi connectivity index (χ1v) is 18.0. The van der Waals surface area contributed by atoms with Gasteiger partial charge >= 0.3 is 11.9 Å². The van der Waals surface area contributed by atoms with E-state index < -0.39 is 24.1 Å². The molecular formula is C46H42O9. The maximum atomic E-state index is 13.4. The number of carboxylic acid groups (broad SMARTS) is 2. The zero-order valence-corrected chi connectivity index (χ0v) is 31.0. The zero-order valence-electron chi connectivity index (χ0n) is 31.0. The highest BCUT2D eigenvalue weighted by Gasteiger charge is 2.27. The number of rotatable bonds is 16. The van der Waals surface area contributed by atoms with Crippen molar-refractivity contribution in [1.82, 2.24) is 0 Å². The van der Waals surface area contributed by atoms with Crippen molar-refractivity contribution < 1.29 is 43.5 Å². The molecule has 4 aromatic carbocycles. The van der Waals surface area contributed by atoms with Crippen LogP contribution < -0.4 is 9.47 Å². The van der Waals surface area contributed by atoms with E-state index in [2.05, 4.69) is 23.7 Å². The molecule has 1 aliphatic carbocycles. The third kappa shape index (κ3) is 11.3. The highest BCUT2D eigenvalue weighted by Crippen LogP contribution is 2.37. The van der Waals surface area contributed by atoms with Gasteiger partial charge in [0.05, 0.1) is 0 Å². The van der Waals surface area contributed by atoms with Crippen LogP contribution in [0.2, 0.25) is 0 Å². The Hall–Kier alpha value is -6.39. The van der Waals surface area contributed by atoms with Crippen molar-refractivity contribution in [3.05, 3.63) is 142 Å². The fraction of sp³-hybridized carbons (Fsp3) is 0.239. The van der Waals surface area contributed by atoms with E-state index in [4.69, 9.17) is 18.9 Å². The van der Waals surface area contributed by atoms with Crippen LogP contribution in [0.15, 0.2) is 109 Å². The molecule has 2 atom stereocenters. The first-order valence-electron chi connectivity index (χ1n) is 18.0. The molecule has 1 aliphatic rings. The quantitative estimate of drug-likeness (QED) is 0.100. The maximum absolute atomic E-state index is 13.4. The number of carbonyl (C=O) groups excluding carboxylic acids is 1. The molecule has 0 heterocycles. The standard InChI is InChI=1S/C46H42O9/c1-4-52-42(45(48)49)29-34-12-18-36(19-13-34)54-25-8-6-7-9-32-16-22-38-39-23-17-33(28-41(39)44(47)40(38)27-32)11-10-31(3)24-26-55-37-20-14-35(15-21-37)30-43(46(50)51)53-5-2/h6,8,12-24,27-28,42-43H,4-5,25-26,29-30H2,1-3H3,(H,48,49)(H,50,51). The minimum absolute atomic E-state index is 0.0633. The molecule has 55 heavy (non-hydrogen) atoms. The molecule has 0 spiro atoms. The summed E-state index contributed by atoms with van der Waals surface area (Å²) in [5.74, 6) is 11.6. The molecule has 0 bridgehead atoms. The smallest absolute Gasteiger partial charge is 0.333 e. The van der Waals surface area contributed by atoms with Gasteiger partial charge in [-0.2, -0.15) is 0 Å². The zero-order chi connectivity index (χ0) is 39.2. The lowest BCUT2D eigenvalue weighted by Gasteiger charge is -2.12. The van der Waals surface area contributed by atoms with Crippen molar-refractivity contribution in [2.75, 3.05) is 26.4 Å². The molecule has 2 unspecified atom stereocenters. The number of hydrogen-bond acceptors (Lipinski definition) is 7. The summed E-state index contributed by atoms with van der Waals surface area (Å²) < 4.78 is 22.1. The molecule has 4 aromatic rings. The van der Waals surface area contributed by atoms with Crippen molar-refractivity contribution in [3.8, 4) is 46.3 Å². The van der Waals surface area contributed by atoms with E-state index >= 15 is 0 Å². The second-order valence-corrected chi connectivity index (χ2v) is 12.5. The minimum Gasteiger partial charge on any atom is -0.490 e. The van der Waals surface area contributed by atoms with Crippen LogP contribution in [0.4, 0.5) is 0 Å². The van der Waals surface area contributed by atoms with E-state index in [0.29, 0.717) is 49.1 Å². The fourth-order valence-electron chi connectivity index (χ4n) is 5.80. The molecule has 0 saturated carbocycles. The third-order valence-electron chi connectivity index (χ3n) is 8.60. The lowest BCUT2D eigenvalue weighted by molar-refractivity contribution is -0.150. The van der Waals surface area contributed by atoms with Crippen LogP contribution in [0.25, 0.3) is 11.1 Å². The van der Waals surface area contributed by atoms with Gasteiger partial charge < -0.3 is 29.2 Å². The molecule has 0 fully saturated rings. The number of hydrogen-bond donors (Lipinski definition) is 2. The van der Waals surface area contributed by atoms with Crippen molar-refractivity contribution in [2.24, 2.45) is 0 Å². The normalized spacial score (nSPS) is 12.8. The Morgan fingerprint density at radius 3 is 1.65 bits per heavy atom. The number of aliphatic carboxylic acids is 2. The largest absolute Gasteiger partial charge is 0.490 e. The first kappa shape index (κ1) is 39.8. The van der Waals surface area contributed by atoms with Crippen LogP contribution in [0.5, 0.6) is 11.5 Å². The molecular weight excluding hydrogens is 696 g/mol. The molecule has 5 rings (SSSR count). The average molecular weight is 739 g/mol. The third-order valence-corrected chi connectivity index (χ3v) is 8.60. The summed E-state index contributed by atoms with van der Waals surface area (Å²) in [6.07, 6.45) is 4.17.